The van der Waals surface area contributed by atoms with Crippen molar-refractivity contribution in [1.82, 2.24) is 19.3 Å². The van der Waals surface area contributed by atoms with Crippen LogP contribution in [0.4, 0.5) is 11.5 Å². The number of hydrogen-bond acceptors (Lipinski definition) is 4. The number of benzene rings is 2. The highest BCUT2D eigenvalue weighted by Crippen LogP contribution is 2.16. The van der Waals surface area contributed by atoms with Crippen molar-refractivity contribution in [3.05, 3.63) is 90.6 Å². The summed E-state index contributed by atoms with van der Waals surface area (Å²) in [5, 5.41) is 9.85. The fourth-order valence-corrected chi connectivity index (χ4v) is 3.13. The highest BCUT2D eigenvalue weighted by molar-refractivity contribution is 6.04. The van der Waals surface area contributed by atoms with Crippen LogP contribution in [0.5, 0.6) is 0 Å². The minimum absolute atomic E-state index is 0.131. The van der Waals surface area contributed by atoms with Gasteiger partial charge in [-0.05, 0) is 36.2 Å². The van der Waals surface area contributed by atoms with E-state index in [9.17, 15) is 9.59 Å². The van der Waals surface area contributed by atoms with Gasteiger partial charge < -0.3 is 15.2 Å². The van der Waals surface area contributed by atoms with E-state index in [0.29, 0.717) is 24.3 Å². The Morgan fingerprint density at radius 3 is 2.48 bits per heavy atom. The standard InChI is InChI=1S/C23H22N6O2/c1-28-21(26-22(30)12-7-17-5-3-2-4-6-17)15-20(27-28)23(31)25-18-8-10-19(11-9-18)29-14-13-24-16-29/h2-6,8-11,13-16H,7,12H2,1H3,(H,25,31)(H,26,30). The van der Waals surface area contributed by atoms with Crippen LogP contribution in [0.15, 0.2) is 79.4 Å². The first kappa shape index (κ1) is 20.1. The molecule has 0 unspecified atom stereocenters. The number of carbonyl (C=O) groups is 2. The molecule has 0 atom stereocenters. The predicted octanol–water partition coefficient (Wildman–Crippen LogP) is 3.43. The summed E-state index contributed by atoms with van der Waals surface area (Å²) in [6.07, 6.45) is 6.25. The zero-order valence-corrected chi connectivity index (χ0v) is 17.0. The van der Waals surface area contributed by atoms with E-state index in [4.69, 9.17) is 0 Å². The molecular formula is C23H22N6O2. The van der Waals surface area contributed by atoms with Gasteiger partial charge in [0.1, 0.15) is 5.82 Å². The molecule has 0 fully saturated rings. The van der Waals surface area contributed by atoms with Crippen molar-refractivity contribution in [1.29, 1.82) is 0 Å². The Labute approximate surface area is 179 Å². The second-order valence-electron chi connectivity index (χ2n) is 7.04. The van der Waals surface area contributed by atoms with Gasteiger partial charge >= 0.3 is 0 Å². The molecule has 0 aliphatic heterocycles. The van der Waals surface area contributed by atoms with E-state index in [1.165, 1.54) is 4.68 Å². The molecule has 0 radical (unpaired) electrons. The maximum Gasteiger partial charge on any atom is 0.276 e. The summed E-state index contributed by atoms with van der Waals surface area (Å²) in [6, 6.07) is 18.8. The number of hydrogen-bond donors (Lipinski definition) is 2. The summed E-state index contributed by atoms with van der Waals surface area (Å²) in [5.41, 5.74) is 2.91. The Bertz CT molecular complexity index is 1160. The molecular weight excluding hydrogens is 392 g/mol. The molecule has 0 bridgehead atoms. The molecule has 0 aliphatic carbocycles. The number of amides is 2. The van der Waals surface area contributed by atoms with Crippen LogP contribution in [0, 0.1) is 0 Å². The second kappa shape index (κ2) is 9.08. The summed E-state index contributed by atoms with van der Waals surface area (Å²) < 4.78 is 3.36. The van der Waals surface area contributed by atoms with E-state index in [1.54, 1.807) is 25.6 Å². The van der Waals surface area contributed by atoms with Gasteiger partial charge in [0.15, 0.2) is 5.69 Å². The van der Waals surface area contributed by atoms with Crippen LogP contribution in [-0.4, -0.2) is 31.1 Å². The quantitative estimate of drug-likeness (QED) is 0.484. The molecule has 2 aromatic carbocycles. The van der Waals surface area contributed by atoms with E-state index < -0.39 is 0 Å². The fraction of sp³-hybridized carbons (Fsp3) is 0.130. The third-order valence-electron chi connectivity index (χ3n) is 4.79. The van der Waals surface area contributed by atoms with Crippen LogP contribution in [-0.2, 0) is 18.3 Å². The van der Waals surface area contributed by atoms with E-state index >= 15 is 0 Å². The highest BCUT2D eigenvalue weighted by Gasteiger charge is 2.15. The van der Waals surface area contributed by atoms with Crippen LogP contribution >= 0.6 is 0 Å². The van der Waals surface area contributed by atoms with Crippen LogP contribution in [0.1, 0.15) is 22.5 Å². The van der Waals surface area contributed by atoms with Gasteiger partial charge in [0.25, 0.3) is 5.91 Å². The number of carbonyl (C=O) groups excluding carboxylic acids is 2. The first-order valence-corrected chi connectivity index (χ1v) is 9.86. The Morgan fingerprint density at radius 1 is 1.00 bits per heavy atom. The molecule has 156 valence electrons. The lowest BCUT2D eigenvalue weighted by Crippen LogP contribution is -2.14. The van der Waals surface area contributed by atoms with E-state index in [0.717, 1.165) is 11.3 Å². The molecule has 8 nitrogen and oxygen atoms in total. The summed E-state index contributed by atoms with van der Waals surface area (Å²) in [4.78, 5) is 28.9. The molecule has 31 heavy (non-hydrogen) atoms. The number of nitrogens with zero attached hydrogens (tertiary/aromatic N) is 4. The molecule has 0 aliphatic rings. The van der Waals surface area contributed by atoms with E-state index in [1.807, 2.05) is 65.4 Å². The molecule has 2 aromatic heterocycles. The maximum absolute atomic E-state index is 12.6. The summed E-state index contributed by atoms with van der Waals surface area (Å²) in [7, 11) is 1.68. The number of anilines is 2. The number of nitrogens with one attached hydrogen (secondary N) is 2. The van der Waals surface area contributed by atoms with Crippen LogP contribution < -0.4 is 10.6 Å². The third-order valence-corrected chi connectivity index (χ3v) is 4.79. The molecule has 8 heteroatoms. The second-order valence-corrected chi connectivity index (χ2v) is 7.04. The molecule has 2 N–H and O–H groups in total. The van der Waals surface area contributed by atoms with Gasteiger partial charge in [0.2, 0.25) is 5.91 Å². The Kier molecular flexibility index (Phi) is 5.89. The van der Waals surface area contributed by atoms with Crippen molar-refractivity contribution in [2.24, 2.45) is 7.05 Å². The average Bonchev–Trinajstić information content (AvgIpc) is 3.44. The van der Waals surface area contributed by atoms with Crippen molar-refractivity contribution in [2.75, 3.05) is 10.6 Å². The molecule has 0 spiro atoms. The van der Waals surface area contributed by atoms with E-state index in [2.05, 4.69) is 20.7 Å². The Balaban J connectivity index is 1.35. The first-order valence-electron chi connectivity index (χ1n) is 9.86. The van der Waals surface area contributed by atoms with Crippen molar-refractivity contribution >= 4 is 23.3 Å². The largest absolute Gasteiger partial charge is 0.321 e. The predicted molar refractivity (Wildman–Crippen MR) is 118 cm³/mol. The van der Waals surface area contributed by atoms with Crippen molar-refractivity contribution in [3.63, 3.8) is 0 Å². The van der Waals surface area contributed by atoms with E-state index in [-0.39, 0.29) is 17.5 Å². The minimum Gasteiger partial charge on any atom is -0.321 e. The number of rotatable bonds is 7. The molecule has 2 heterocycles. The van der Waals surface area contributed by atoms with Gasteiger partial charge in [-0.25, -0.2) is 4.98 Å². The van der Waals surface area contributed by atoms with Crippen molar-refractivity contribution in [3.8, 4) is 5.69 Å². The van der Waals surface area contributed by atoms with Crippen molar-refractivity contribution < 1.29 is 9.59 Å². The minimum atomic E-state index is -0.351. The summed E-state index contributed by atoms with van der Waals surface area (Å²) >= 11 is 0. The number of aryl methyl sites for hydroxylation is 2. The van der Waals surface area contributed by atoms with Crippen LogP contribution in [0.25, 0.3) is 5.69 Å². The van der Waals surface area contributed by atoms with Gasteiger partial charge in [0.05, 0.1) is 6.33 Å². The van der Waals surface area contributed by atoms with Crippen molar-refractivity contribution in [2.45, 2.75) is 12.8 Å². The molecule has 4 rings (SSSR count). The maximum atomic E-state index is 12.6. The average molecular weight is 414 g/mol. The van der Waals surface area contributed by atoms with Crippen LogP contribution in [0.3, 0.4) is 0 Å². The molecule has 0 saturated carbocycles. The lowest BCUT2D eigenvalue weighted by atomic mass is 10.1. The zero-order chi connectivity index (χ0) is 21.6. The summed E-state index contributed by atoms with van der Waals surface area (Å²) in [5.74, 6) is -0.0108. The smallest absolute Gasteiger partial charge is 0.276 e. The number of aromatic nitrogens is 4. The Hall–Kier alpha value is -4.20. The normalized spacial score (nSPS) is 10.6. The molecule has 2 amide bonds. The zero-order valence-electron chi connectivity index (χ0n) is 17.0. The van der Waals surface area contributed by atoms with Crippen LogP contribution in [0.2, 0.25) is 0 Å². The third kappa shape index (κ3) is 5.05. The van der Waals surface area contributed by atoms with Gasteiger partial charge in [0, 0.05) is 43.3 Å². The van der Waals surface area contributed by atoms with Gasteiger partial charge in [-0.1, -0.05) is 30.3 Å². The first-order chi connectivity index (χ1) is 15.1. The number of imidazole rings is 1. The highest BCUT2D eigenvalue weighted by atomic mass is 16.2. The molecule has 4 aromatic rings. The Morgan fingerprint density at radius 2 is 1.77 bits per heavy atom. The SMILES string of the molecule is Cn1nc(C(=O)Nc2ccc(-n3ccnc3)cc2)cc1NC(=O)CCc1ccccc1. The van der Waals surface area contributed by atoms with Gasteiger partial charge in [-0.15, -0.1) is 0 Å². The lowest BCUT2D eigenvalue weighted by Gasteiger charge is -2.05. The summed E-state index contributed by atoms with van der Waals surface area (Å²) in [6.45, 7) is 0. The monoisotopic (exact) mass is 414 g/mol. The molecule has 0 saturated heterocycles. The topological polar surface area (TPSA) is 93.8 Å². The van der Waals surface area contributed by atoms with Gasteiger partial charge in [-0.3, -0.25) is 14.3 Å². The van der Waals surface area contributed by atoms with Gasteiger partial charge in [-0.2, -0.15) is 5.10 Å². The lowest BCUT2D eigenvalue weighted by molar-refractivity contribution is -0.116. The fourth-order valence-electron chi connectivity index (χ4n) is 3.13.